The summed E-state index contributed by atoms with van der Waals surface area (Å²) in [6.45, 7) is -0.508. The number of carboxylic acid groups (broad SMARTS) is 1. The van der Waals surface area contributed by atoms with Crippen molar-refractivity contribution in [2.75, 3.05) is 6.61 Å². The smallest absolute Gasteiger partial charge is 0.128 e. The van der Waals surface area contributed by atoms with Crippen LogP contribution in [0.4, 0.5) is 0 Å². The lowest BCUT2D eigenvalue weighted by atomic mass is 10.1. The molecule has 0 aromatic heterocycles. The third kappa shape index (κ3) is 4.23. The average molecular weight is 261 g/mol. The fourth-order valence-electron chi connectivity index (χ4n) is 1.13. The predicted molar refractivity (Wildman–Crippen MR) is 67.3 cm³/mol. The van der Waals surface area contributed by atoms with Gasteiger partial charge in [-0.2, -0.15) is 5.26 Å². The van der Waals surface area contributed by atoms with Gasteiger partial charge in [-0.3, -0.25) is 0 Å². The van der Waals surface area contributed by atoms with Gasteiger partial charge in [-0.05, 0) is 23.8 Å². The number of nitrogens with two attached hydrogens (primary N) is 1. The summed E-state index contributed by atoms with van der Waals surface area (Å²) in [6.07, 6.45) is 1.53. The Labute approximate surface area is 109 Å². The minimum atomic E-state index is -1.29. The van der Waals surface area contributed by atoms with Gasteiger partial charge in [-0.1, -0.05) is 24.4 Å². The number of carbonyl (C=O) groups is 1. The van der Waals surface area contributed by atoms with E-state index in [9.17, 15) is 9.90 Å². The molecule has 0 bridgehead atoms. The molecule has 1 rings (SSSR count). The summed E-state index contributed by atoms with van der Waals surface area (Å²) in [5.74, 6) is -0.899. The first-order chi connectivity index (χ1) is 8.52. The van der Waals surface area contributed by atoms with Gasteiger partial charge < -0.3 is 20.4 Å². The summed E-state index contributed by atoms with van der Waals surface area (Å²) < 4.78 is 4.90. The number of nitrogens with zero attached hydrogens (tertiary/aromatic N) is 1. The summed E-state index contributed by atoms with van der Waals surface area (Å²) >= 11 is 4.70. The fraction of sp³-hybridized carbons (Fsp3) is 0.0833. The summed E-state index contributed by atoms with van der Waals surface area (Å²) in [7, 11) is 0. The van der Waals surface area contributed by atoms with Crippen LogP contribution in [-0.2, 0) is 4.79 Å². The molecule has 0 heterocycles. The van der Waals surface area contributed by atoms with Crippen LogP contribution in [-0.4, -0.2) is 17.6 Å². The van der Waals surface area contributed by atoms with E-state index in [1.165, 1.54) is 6.08 Å². The lowest BCUT2D eigenvalue weighted by Crippen LogP contribution is -2.28. The topological polar surface area (TPSA) is 99.2 Å². The Kier molecular flexibility index (Phi) is 4.84. The van der Waals surface area contributed by atoms with E-state index < -0.39 is 12.6 Å². The quantitative estimate of drug-likeness (QED) is 0.455. The first-order valence-electron chi connectivity index (χ1n) is 4.87. The minimum absolute atomic E-state index is 0.0229. The van der Waals surface area contributed by atoms with E-state index in [-0.39, 0.29) is 10.6 Å². The van der Waals surface area contributed by atoms with Crippen LogP contribution in [0.1, 0.15) is 5.56 Å². The van der Waals surface area contributed by atoms with E-state index in [1.807, 2.05) is 6.07 Å². The van der Waals surface area contributed by atoms with Gasteiger partial charge in [0.15, 0.2) is 0 Å². The van der Waals surface area contributed by atoms with E-state index in [0.717, 1.165) is 0 Å². The van der Waals surface area contributed by atoms with Crippen molar-refractivity contribution in [2.45, 2.75) is 0 Å². The normalized spacial score (nSPS) is 10.5. The molecule has 0 aliphatic carbocycles. The molecule has 0 radical (unpaired) electrons. The molecule has 5 nitrogen and oxygen atoms in total. The van der Waals surface area contributed by atoms with Crippen LogP contribution in [0.25, 0.3) is 6.08 Å². The highest BCUT2D eigenvalue weighted by atomic mass is 32.1. The van der Waals surface area contributed by atoms with Gasteiger partial charge in [-0.25, -0.2) is 0 Å². The van der Waals surface area contributed by atoms with Gasteiger partial charge in [0.1, 0.15) is 23.4 Å². The van der Waals surface area contributed by atoms with Crippen molar-refractivity contribution in [3.05, 3.63) is 35.4 Å². The molecular weight excluding hydrogens is 252 g/mol. The molecule has 0 atom stereocenters. The number of ether oxygens (including phenoxy) is 1. The molecule has 0 saturated carbocycles. The van der Waals surface area contributed by atoms with Crippen LogP contribution in [0.3, 0.4) is 0 Å². The Hall–Kier alpha value is -2.39. The molecule has 6 heteroatoms. The Morgan fingerprint density at radius 1 is 1.50 bits per heavy atom. The van der Waals surface area contributed by atoms with E-state index in [1.54, 1.807) is 24.3 Å². The monoisotopic (exact) mass is 261 g/mol. The van der Waals surface area contributed by atoms with E-state index in [0.29, 0.717) is 11.3 Å². The molecule has 0 unspecified atom stereocenters. The molecule has 0 aliphatic rings. The van der Waals surface area contributed by atoms with Crippen LogP contribution in [0.15, 0.2) is 29.8 Å². The van der Waals surface area contributed by atoms with Gasteiger partial charge >= 0.3 is 0 Å². The Morgan fingerprint density at radius 3 is 2.56 bits per heavy atom. The zero-order valence-corrected chi connectivity index (χ0v) is 10.1. The molecule has 0 fully saturated rings. The van der Waals surface area contributed by atoms with Crippen molar-refractivity contribution in [3.8, 4) is 11.8 Å². The van der Waals surface area contributed by atoms with Crippen molar-refractivity contribution >= 4 is 29.3 Å². The standard InChI is InChI=1S/C12H10N2O3S/c13-6-9(12(14)18)5-8-1-3-10(4-2-8)17-7-11(15)16/h1-5H,7H2,(H2,14,18)(H,15,16)/p-1/b9-5-. The van der Waals surface area contributed by atoms with Crippen LogP contribution in [0.5, 0.6) is 5.75 Å². The highest BCUT2D eigenvalue weighted by Gasteiger charge is 2.00. The summed E-state index contributed by atoms with van der Waals surface area (Å²) in [4.78, 5) is 10.2. The highest BCUT2D eigenvalue weighted by molar-refractivity contribution is 7.80. The van der Waals surface area contributed by atoms with Crippen LogP contribution < -0.4 is 15.6 Å². The zero-order chi connectivity index (χ0) is 13.5. The van der Waals surface area contributed by atoms with Crippen LogP contribution >= 0.6 is 12.2 Å². The minimum Gasteiger partial charge on any atom is -0.546 e. The van der Waals surface area contributed by atoms with Crippen LogP contribution in [0, 0.1) is 11.3 Å². The summed E-state index contributed by atoms with van der Waals surface area (Å²) in [5, 5.41) is 19.0. The van der Waals surface area contributed by atoms with Gasteiger partial charge in [-0.15, -0.1) is 0 Å². The van der Waals surface area contributed by atoms with Crippen molar-refractivity contribution in [3.63, 3.8) is 0 Å². The zero-order valence-electron chi connectivity index (χ0n) is 9.25. The van der Waals surface area contributed by atoms with Crippen LogP contribution in [0.2, 0.25) is 0 Å². The van der Waals surface area contributed by atoms with Gasteiger partial charge in [0.05, 0.1) is 11.5 Å². The number of carbonyl (C=O) groups excluding carboxylic acids is 1. The van der Waals surface area contributed by atoms with E-state index in [2.05, 4.69) is 0 Å². The van der Waals surface area contributed by atoms with Gasteiger partial charge in [0.25, 0.3) is 0 Å². The Morgan fingerprint density at radius 2 is 2.11 bits per heavy atom. The largest absolute Gasteiger partial charge is 0.546 e. The fourth-order valence-corrected chi connectivity index (χ4v) is 1.23. The lowest BCUT2D eigenvalue weighted by Gasteiger charge is -2.06. The Bertz CT molecular complexity index is 529. The molecule has 92 valence electrons. The second-order valence-corrected chi connectivity index (χ2v) is 3.70. The number of hydrogen-bond acceptors (Lipinski definition) is 5. The summed E-state index contributed by atoms with van der Waals surface area (Å²) in [5.41, 5.74) is 6.26. The summed E-state index contributed by atoms with van der Waals surface area (Å²) in [6, 6.07) is 8.33. The van der Waals surface area contributed by atoms with E-state index >= 15 is 0 Å². The van der Waals surface area contributed by atoms with Gasteiger partial charge in [0, 0.05) is 0 Å². The maximum absolute atomic E-state index is 10.2. The molecule has 0 aliphatic heterocycles. The maximum atomic E-state index is 10.2. The van der Waals surface area contributed by atoms with Crippen molar-refractivity contribution in [1.29, 1.82) is 5.26 Å². The molecule has 1 aromatic carbocycles. The van der Waals surface area contributed by atoms with Crippen molar-refractivity contribution in [2.24, 2.45) is 5.73 Å². The molecular formula is C12H9N2O3S-. The number of benzene rings is 1. The lowest BCUT2D eigenvalue weighted by molar-refractivity contribution is -0.307. The second kappa shape index (κ2) is 6.37. The van der Waals surface area contributed by atoms with Crippen molar-refractivity contribution < 1.29 is 14.6 Å². The third-order valence-electron chi connectivity index (χ3n) is 1.93. The number of aliphatic carboxylic acids is 1. The Balaban J connectivity index is 2.80. The SMILES string of the molecule is N#C/C(=C/c1ccc(OCC(=O)[O-])cc1)C(N)=S. The average Bonchev–Trinajstić information content (AvgIpc) is 2.34. The number of thiocarbonyl (C=S) groups is 1. The number of hydrogen-bond donors (Lipinski definition) is 1. The van der Waals surface area contributed by atoms with Gasteiger partial charge in [0.2, 0.25) is 0 Å². The number of rotatable bonds is 5. The molecule has 1 aromatic rings. The molecule has 0 amide bonds. The highest BCUT2D eigenvalue weighted by Crippen LogP contribution is 2.14. The first kappa shape index (κ1) is 13.7. The number of nitriles is 1. The molecule has 2 N–H and O–H groups in total. The third-order valence-corrected chi connectivity index (χ3v) is 2.15. The predicted octanol–water partition coefficient (Wildman–Crippen LogP) is 0.00838. The molecule has 0 saturated heterocycles. The molecule has 0 spiro atoms. The molecule has 18 heavy (non-hydrogen) atoms. The first-order valence-corrected chi connectivity index (χ1v) is 5.28. The number of carboxylic acids is 1. The van der Waals surface area contributed by atoms with E-state index in [4.69, 9.17) is 28.0 Å². The maximum Gasteiger partial charge on any atom is 0.128 e. The van der Waals surface area contributed by atoms with Crippen molar-refractivity contribution in [1.82, 2.24) is 0 Å². The second-order valence-electron chi connectivity index (χ2n) is 3.26.